The largest absolute Gasteiger partial charge is 0.423 e. The van der Waals surface area contributed by atoms with Crippen molar-refractivity contribution in [1.82, 2.24) is 5.43 Å². The van der Waals surface area contributed by atoms with E-state index in [1.807, 2.05) is 0 Å². The van der Waals surface area contributed by atoms with Gasteiger partial charge in [0.1, 0.15) is 16.8 Å². The predicted octanol–water partition coefficient (Wildman–Crippen LogP) is 4.57. The number of thiophene rings is 1. The van der Waals surface area contributed by atoms with Gasteiger partial charge in [-0.25, -0.2) is 10.2 Å². The number of hydrazone groups is 1. The third kappa shape index (κ3) is 6.01. The molecule has 0 fully saturated rings. The first-order chi connectivity index (χ1) is 16.9. The number of ether oxygens (including phenoxy) is 1. The van der Waals surface area contributed by atoms with Crippen molar-refractivity contribution in [2.24, 2.45) is 5.10 Å². The number of aryl methyl sites for hydroxylation is 1. The number of nitrogens with one attached hydrogen (secondary N) is 2. The number of fused-ring (bicyclic) bond motifs is 1. The van der Waals surface area contributed by atoms with Crippen molar-refractivity contribution in [1.29, 1.82) is 5.26 Å². The Morgan fingerprint density at radius 2 is 1.74 bits per heavy atom. The van der Waals surface area contributed by atoms with Crippen LogP contribution >= 0.6 is 27.3 Å². The summed E-state index contributed by atoms with van der Waals surface area (Å²) in [5, 5.41) is 16.2. The van der Waals surface area contributed by atoms with Gasteiger partial charge < -0.3 is 10.1 Å². The van der Waals surface area contributed by atoms with Crippen molar-refractivity contribution >= 4 is 56.3 Å². The molecule has 0 aliphatic heterocycles. The summed E-state index contributed by atoms with van der Waals surface area (Å²) in [5.41, 5.74) is 4.63. The van der Waals surface area contributed by atoms with Crippen molar-refractivity contribution in [3.63, 3.8) is 0 Å². The zero-order chi connectivity index (χ0) is 24.8. The summed E-state index contributed by atoms with van der Waals surface area (Å²) in [7, 11) is 0. The van der Waals surface area contributed by atoms with Gasteiger partial charge in [-0.15, -0.1) is 11.3 Å². The van der Waals surface area contributed by atoms with Crippen LogP contribution in [0.3, 0.4) is 0 Å². The van der Waals surface area contributed by atoms with E-state index in [1.165, 1.54) is 17.6 Å². The van der Waals surface area contributed by atoms with E-state index in [4.69, 9.17) is 4.74 Å². The normalized spacial score (nSPS) is 12.5. The minimum atomic E-state index is -0.948. The summed E-state index contributed by atoms with van der Waals surface area (Å²) in [6.07, 6.45) is 5.10. The van der Waals surface area contributed by atoms with Crippen LogP contribution in [0, 0.1) is 11.3 Å². The molecule has 0 atom stereocenters. The fourth-order valence-electron chi connectivity index (χ4n) is 3.52. The number of nitriles is 1. The zero-order valence-electron chi connectivity index (χ0n) is 18.3. The molecule has 0 saturated carbocycles. The minimum absolute atomic E-state index is 0.352. The van der Waals surface area contributed by atoms with Crippen LogP contribution in [0.15, 0.2) is 58.1 Å². The molecule has 0 radical (unpaired) electrons. The number of benzene rings is 2. The monoisotopic (exact) mass is 550 g/mol. The van der Waals surface area contributed by atoms with Crippen LogP contribution in [-0.4, -0.2) is 24.0 Å². The summed E-state index contributed by atoms with van der Waals surface area (Å²) < 4.78 is 6.19. The maximum atomic E-state index is 12.3. The molecule has 1 aliphatic rings. The fraction of sp³-hybridized carbons (Fsp3) is 0.160. The van der Waals surface area contributed by atoms with Crippen LogP contribution in [0.2, 0.25) is 0 Å². The number of carbonyl (C=O) groups excluding carboxylic acids is 3. The Bertz CT molecular complexity index is 1340. The smallest absolute Gasteiger partial charge is 0.343 e. The molecule has 10 heteroatoms. The number of rotatable bonds is 5. The summed E-state index contributed by atoms with van der Waals surface area (Å²) in [6, 6.07) is 15.4. The molecule has 1 aromatic heterocycles. The second-order valence-electron chi connectivity index (χ2n) is 7.65. The zero-order valence-corrected chi connectivity index (χ0v) is 20.7. The number of hydrogen-bond donors (Lipinski definition) is 2. The number of nitrogens with zero attached hydrogens (tertiary/aromatic N) is 2. The Morgan fingerprint density at radius 1 is 1.03 bits per heavy atom. The molecule has 2 amide bonds. The van der Waals surface area contributed by atoms with E-state index in [-0.39, 0.29) is 0 Å². The van der Waals surface area contributed by atoms with Crippen molar-refractivity contribution in [2.45, 2.75) is 25.7 Å². The van der Waals surface area contributed by atoms with Gasteiger partial charge in [0.15, 0.2) is 0 Å². The first kappa shape index (κ1) is 24.3. The summed E-state index contributed by atoms with van der Waals surface area (Å²) in [4.78, 5) is 37.7. The average molecular weight is 551 g/mol. The molecule has 0 unspecified atom stereocenters. The predicted molar refractivity (Wildman–Crippen MR) is 136 cm³/mol. The average Bonchev–Trinajstić information content (AvgIpc) is 3.22. The number of amides is 2. The van der Waals surface area contributed by atoms with E-state index in [1.54, 1.807) is 48.5 Å². The quantitative estimate of drug-likeness (QED) is 0.158. The number of hydrogen-bond acceptors (Lipinski definition) is 7. The Kier molecular flexibility index (Phi) is 7.70. The van der Waals surface area contributed by atoms with Crippen molar-refractivity contribution in [2.75, 3.05) is 5.32 Å². The lowest BCUT2D eigenvalue weighted by Crippen LogP contribution is -2.32. The Hall–Kier alpha value is -3.81. The first-order valence-electron chi connectivity index (χ1n) is 10.7. The van der Waals surface area contributed by atoms with E-state index in [0.29, 0.717) is 27.4 Å². The van der Waals surface area contributed by atoms with Crippen LogP contribution in [0.25, 0.3) is 0 Å². The van der Waals surface area contributed by atoms with Gasteiger partial charge in [0.2, 0.25) is 0 Å². The van der Waals surface area contributed by atoms with Crippen molar-refractivity contribution in [3.05, 3.63) is 80.1 Å². The molecule has 0 spiro atoms. The van der Waals surface area contributed by atoms with Gasteiger partial charge in [0.25, 0.3) is 0 Å². The van der Waals surface area contributed by atoms with Crippen molar-refractivity contribution in [3.8, 4) is 11.8 Å². The number of halogens is 1. The van der Waals surface area contributed by atoms with Crippen LogP contribution in [-0.2, 0) is 22.4 Å². The third-order valence-electron chi connectivity index (χ3n) is 5.27. The number of anilines is 1. The van der Waals surface area contributed by atoms with E-state index in [9.17, 15) is 19.6 Å². The van der Waals surface area contributed by atoms with E-state index >= 15 is 0 Å². The topological polar surface area (TPSA) is 121 Å². The standard InChI is InChI=1S/C25H19BrN4O4S/c26-17-9-7-16(8-10-17)25(33)34-18-11-5-15(6-12-18)14-28-30-23(32)22(31)29-24-20(13-27)19-3-1-2-4-21(19)35-24/h5-12,14H,1-4H2,(H,29,31)(H,30,32)/b28-14+. The second kappa shape index (κ2) is 11.1. The highest BCUT2D eigenvalue weighted by atomic mass is 79.9. The highest BCUT2D eigenvalue weighted by molar-refractivity contribution is 9.10. The van der Waals surface area contributed by atoms with Crippen molar-refractivity contribution < 1.29 is 19.1 Å². The van der Waals surface area contributed by atoms with Gasteiger partial charge in [-0.2, -0.15) is 10.4 Å². The Labute approximate surface area is 213 Å². The van der Waals surface area contributed by atoms with Crippen LogP contribution in [0.1, 0.15) is 44.8 Å². The molecule has 1 aliphatic carbocycles. The number of esters is 1. The lowest BCUT2D eigenvalue weighted by atomic mass is 9.96. The molecule has 2 N–H and O–H groups in total. The minimum Gasteiger partial charge on any atom is -0.423 e. The molecular weight excluding hydrogens is 532 g/mol. The van der Waals surface area contributed by atoms with Gasteiger partial charge in [-0.1, -0.05) is 15.9 Å². The Morgan fingerprint density at radius 3 is 2.46 bits per heavy atom. The molecule has 35 heavy (non-hydrogen) atoms. The highest BCUT2D eigenvalue weighted by Gasteiger charge is 2.23. The van der Waals surface area contributed by atoms with E-state index in [0.717, 1.165) is 40.6 Å². The molecule has 1 heterocycles. The second-order valence-corrected chi connectivity index (χ2v) is 9.67. The summed E-state index contributed by atoms with van der Waals surface area (Å²) >= 11 is 4.66. The molecule has 176 valence electrons. The van der Waals surface area contributed by atoms with Crippen LogP contribution in [0.5, 0.6) is 5.75 Å². The van der Waals surface area contributed by atoms with E-state index in [2.05, 4.69) is 37.8 Å². The van der Waals surface area contributed by atoms with Gasteiger partial charge in [-0.05, 0) is 85.3 Å². The lowest BCUT2D eigenvalue weighted by molar-refractivity contribution is -0.136. The van der Waals surface area contributed by atoms with Crippen LogP contribution < -0.4 is 15.5 Å². The van der Waals surface area contributed by atoms with Gasteiger partial charge in [0, 0.05) is 9.35 Å². The fourth-order valence-corrected chi connectivity index (χ4v) is 5.02. The Balaban J connectivity index is 1.30. The summed E-state index contributed by atoms with van der Waals surface area (Å²) in [5.74, 6) is -1.97. The molecule has 0 bridgehead atoms. The molecule has 8 nitrogen and oxygen atoms in total. The number of carbonyl (C=O) groups is 3. The highest BCUT2D eigenvalue weighted by Crippen LogP contribution is 2.37. The third-order valence-corrected chi connectivity index (χ3v) is 7.00. The molecular formula is C25H19BrN4O4S. The van der Waals surface area contributed by atoms with Crippen LogP contribution in [0.4, 0.5) is 5.00 Å². The molecule has 0 saturated heterocycles. The van der Waals surface area contributed by atoms with E-state index < -0.39 is 17.8 Å². The molecule has 4 rings (SSSR count). The lowest BCUT2D eigenvalue weighted by Gasteiger charge is -2.09. The SMILES string of the molecule is N#Cc1c(NC(=O)C(=O)N/N=C/c2ccc(OC(=O)c3ccc(Br)cc3)cc2)sc2c1CCCC2. The maximum Gasteiger partial charge on any atom is 0.343 e. The van der Waals surface area contributed by atoms with Gasteiger partial charge >= 0.3 is 17.8 Å². The van der Waals surface area contributed by atoms with Gasteiger partial charge in [0.05, 0.1) is 17.3 Å². The summed E-state index contributed by atoms with van der Waals surface area (Å²) in [6.45, 7) is 0. The maximum absolute atomic E-state index is 12.3. The molecule has 3 aromatic rings. The van der Waals surface area contributed by atoms with Gasteiger partial charge in [-0.3, -0.25) is 9.59 Å². The molecule has 2 aromatic carbocycles. The first-order valence-corrected chi connectivity index (χ1v) is 12.3.